The van der Waals surface area contributed by atoms with Crippen LogP contribution in [-0.2, 0) is 16.6 Å². The third-order valence-electron chi connectivity index (χ3n) is 3.53. The molecule has 2 aromatic carbocycles. The van der Waals surface area contributed by atoms with Crippen molar-refractivity contribution in [2.45, 2.75) is 18.4 Å². The van der Waals surface area contributed by atoms with Crippen LogP contribution in [0.5, 0.6) is 0 Å². The van der Waals surface area contributed by atoms with Crippen LogP contribution in [0.1, 0.15) is 11.1 Å². The van der Waals surface area contributed by atoms with E-state index in [0.717, 1.165) is 11.1 Å². The van der Waals surface area contributed by atoms with Crippen molar-refractivity contribution < 1.29 is 8.42 Å². The van der Waals surface area contributed by atoms with Gasteiger partial charge in [-0.2, -0.15) is 5.10 Å². The molecule has 5 nitrogen and oxygen atoms in total. The third-order valence-corrected chi connectivity index (χ3v) is 5.31. The van der Waals surface area contributed by atoms with Gasteiger partial charge in [-0.3, -0.25) is 9.40 Å². The standard InChI is InChI=1S/C17H16ClN3O2S/c1-13-7-8-16(9-17(13)18)24(22,23)20-15-10-19-21(12-15)11-14-5-3-2-4-6-14/h2-10,12,20H,11H2,1H3. The van der Waals surface area contributed by atoms with Crippen LogP contribution < -0.4 is 4.72 Å². The van der Waals surface area contributed by atoms with Gasteiger partial charge >= 0.3 is 0 Å². The summed E-state index contributed by atoms with van der Waals surface area (Å²) in [6.07, 6.45) is 3.14. The highest BCUT2D eigenvalue weighted by Gasteiger charge is 2.16. The van der Waals surface area contributed by atoms with Crippen LogP contribution in [0.15, 0.2) is 65.8 Å². The second kappa shape index (κ2) is 6.67. The second-order valence-electron chi connectivity index (χ2n) is 5.43. The number of aryl methyl sites for hydroxylation is 1. The number of anilines is 1. The van der Waals surface area contributed by atoms with E-state index >= 15 is 0 Å². The Labute approximate surface area is 145 Å². The lowest BCUT2D eigenvalue weighted by molar-refractivity contribution is 0.601. The molecule has 7 heteroatoms. The smallest absolute Gasteiger partial charge is 0.262 e. The Morgan fingerprint density at radius 1 is 1.17 bits per heavy atom. The fraction of sp³-hybridized carbons (Fsp3) is 0.118. The van der Waals surface area contributed by atoms with Crippen LogP contribution in [0.3, 0.4) is 0 Å². The molecule has 3 rings (SSSR count). The number of rotatable bonds is 5. The number of hydrogen-bond acceptors (Lipinski definition) is 3. The van der Waals surface area contributed by atoms with E-state index < -0.39 is 10.0 Å². The maximum absolute atomic E-state index is 12.4. The number of aromatic nitrogens is 2. The predicted molar refractivity (Wildman–Crippen MR) is 94.8 cm³/mol. The second-order valence-corrected chi connectivity index (χ2v) is 7.52. The van der Waals surface area contributed by atoms with Gasteiger partial charge in [0.25, 0.3) is 10.0 Å². The Morgan fingerprint density at radius 2 is 1.92 bits per heavy atom. The average Bonchev–Trinajstić information content (AvgIpc) is 2.97. The Hall–Kier alpha value is -2.31. The van der Waals surface area contributed by atoms with E-state index in [0.29, 0.717) is 17.3 Å². The van der Waals surface area contributed by atoms with Crippen LogP contribution in [0, 0.1) is 6.92 Å². The van der Waals surface area contributed by atoms with Crippen LogP contribution in [0.4, 0.5) is 5.69 Å². The summed E-state index contributed by atoms with van der Waals surface area (Å²) in [6, 6.07) is 14.5. The summed E-state index contributed by atoms with van der Waals surface area (Å²) in [4.78, 5) is 0.119. The van der Waals surface area contributed by atoms with Crippen LogP contribution in [0.25, 0.3) is 0 Å². The van der Waals surface area contributed by atoms with E-state index in [2.05, 4.69) is 9.82 Å². The highest BCUT2D eigenvalue weighted by atomic mass is 35.5. The molecule has 0 atom stereocenters. The summed E-state index contributed by atoms with van der Waals surface area (Å²) in [5.41, 5.74) is 2.31. The molecule has 0 amide bonds. The molecule has 1 aromatic heterocycles. The lowest BCUT2D eigenvalue weighted by Crippen LogP contribution is -2.12. The molecule has 0 saturated heterocycles. The predicted octanol–water partition coefficient (Wildman–Crippen LogP) is 3.69. The fourth-order valence-electron chi connectivity index (χ4n) is 2.23. The minimum Gasteiger partial charge on any atom is -0.276 e. The van der Waals surface area contributed by atoms with E-state index in [1.807, 2.05) is 37.3 Å². The average molecular weight is 362 g/mol. The van der Waals surface area contributed by atoms with Gasteiger partial charge in [0.05, 0.1) is 23.3 Å². The van der Waals surface area contributed by atoms with Crippen molar-refractivity contribution in [3.63, 3.8) is 0 Å². The maximum Gasteiger partial charge on any atom is 0.262 e. The molecule has 0 aliphatic rings. The first-order valence-electron chi connectivity index (χ1n) is 7.29. The third kappa shape index (κ3) is 3.77. The lowest BCUT2D eigenvalue weighted by Gasteiger charge is -2.07. The number of nitrogens with zero attached hydrogens (tertiary/aromatic N) is 2. The Bertz CT molecular complexity index is 953. The molecule has 124 valence electrons. The molecule has 1 heterocycles. The van der Waals surface area contributed by atoms with Gasteiger partial charge < -0.3 is 0 Å². The van der Waals surface area contributed by atoms with Gasteiger partial charge in [-0.25, -0.2) is 8.42 Å². The zero-order valence-corrected chi connectivity index (χ0v) is 14.6. The number of halogens is 1. The molecule has 0 aliphatic heterocycles. The largest absolute Gasteiger partial charge is 0.276 e. The van der Waals surface area contributed by atoms with E-state index in [4.69, 9.17) is 11.6 Å². The summed E-state index contributed by atoms with van der Waals surface area (Å²) < 4.78 is 29.0. The van der Waals surface area contributed by atoms with Gasteiger partial charge in [0.1, 0.15) is 0 Å². The minimum absolute atomic E-state index is 0.119. The SMILES string of the molecule is Cc1ccc(S(=O)(=O)Nc2cnn(Cc3ccccc3)c2)cc1Cl. The van der Waals surface area contributed by atoms with Gasteiger partial charge in [0.15, 0.2) is 0 Å². The summed E-state index contributed by atoms with van der Waals surface area (Å²) in [5, 5.41) is 4.60. The van der Waals surface area contributed by atoms with E-state index in [1.54, 1.807) is 16.9 Å². The summed E-state index contributed by atoms with van der Waals surface area (Å²) in [6.45, 7) is 2.39. The van der Waals surface area contributed by atoms with Crippen molar-refractivity contribution in [3.8, 4) is 0 Å². The number of nitrogens with one attached hydrogen (secondary N) is 1. The Kier molecular flexibility index (Phi) is 4.59. The van der Waals surface area contributed by atoms with Crippen molar-refractivity contribution in [3.05, 3.63) is 77.1 Å². The van der Waals surface area contributed by atoms with E-state index in [1.165, 1.54) is 18.3 Å². The minimum atomic E-state index is -3.70. The molecule has 0 radical (unpaired) electrons. The molecule has 0 bridgehead atoms. The monoisotopic (exact) mass is 361 g/mol. The number of hydrogen-bond donors (Lipinski definition) is 1. The van der Waals surface area contributed by atoms with Gasteiger partial charge in [-0.05, 0) is 30.2 Å². The topological polar surface area (TPSA) is 64.0 Å². The van der Waals surface area contributed by atoms with Crippen molar-refractivity contribution in [1.82, 2.24) is 9.78 Å². The highest BCUT2D eigenvalue weighted by molar-refractivity contribution is 7.92. The molecular formula is C17H16ClN3O2S. The lowest BCUT2D eigenvalue weighted by atomic mass is 10.2. The normalized spacial score (nSPS) is 11.4. The molecule has 0 saturated carbocycles. The van der Waals surface area contributed by atoms with E-state index in [9.17, 15) is 8.42 Å². The first-order valence-corrected chi connectivity index (χ1v) is 9.15. The molecule has 0 aliphatic carbocycles. The first-order chi connectivity index (χ1) is 11.4. The van der Waals surface area contributed by atoms with Gasteiger partial charge in [0, 0.05) is 11.2 Å². The van der Waals surface area contributed by atoms with Crippen molar-refractivity contribution in [1.29, 1.82) is 0 Å². The number of benzene rings is 2. The molecule has 0 spiro atoms. The first kappa shape index (κ1) is 16.5. The molecule has 0 unspecified atom stereocenters. The fourth-order valence-corrected chi connectivity index (χ4v) is 3.53. The number of sulfonamides is 1. The Balaban J connectivity index is 1.77. The van der Waals surface area contributed by atoms with Crippen molar-refractivity contribution in [2.75, 3.05) is 4.72 Å². The molecule has 3 aromatic rings. The van der Waals surface area contributed by atoms with E-state index in [-0.39, 0.29) is 4.90 Å². The van der Waals surface area contributed by atoms with Gasteiger partial charge in [-0.15, -0.1) is 0 Å². The van der Waals surface area contributed by atoms with Gasteiger partial charge in [-0.1, -0.05) is 48.0 Å². The summed E-state index contributed by atoms with van der Waals surface area (Å²) in [5.74, 6) is 0. The summed E-state index contributed by atoms with van der Waals surface area (Å²) >= 11 is 6.01. The van der Waals surface area contributed by atoms with Crippen molar-refractivity contribution >= 4 is 27.3 Å². The van der Waals surface area contributed by atoms with Crippen LogP contribution in [0.2, 0.25) is 5.02 Å². The van der Waals surface area contributed by atoms with Gasteiger partial charge in [0.2, 0.25) is 0 Å². The highest BCUT2D eigenvalue weighted by Crippen LogP contribution is 2.22. The Morgan fingerprint density at radius 3 is 2.62 bits per heavy atom. The molecular weight excluding hydrogens is 346 g/mol. The zero-order valence-electron chi connectivity index (χ0n) is 13.0. The zero-order chi connectivity index (χ0) is 17.2. The quantitative estimate of drug-likeness (QED) is 0.753. The maximum atomic E-state index is 12.4. The van der Waals surface area contributed by atoms with Crippen molar-refractivity contribution in [2.24, 2.45) is 0 Å². The summed E-state index contributed by atoms with van der Waals surface area (Å²) in [7, 11) is -3.70. The van der Waals surface area contributed by atoms with Crippen LogP contribution in [-0.4, -0.2) is 18.2 Å². The van der Waals surface area contributed by atoms with Crippen LogP contribution >= 0.6 is 11.6 Å². The molecule has 24 heavy (non-hydrogen) atoms. The molecule has 0 fully saturated rings. The molecule has 1 N–H and O–H groups in total.